The average Bonchev–Trinajstić information content (AvgIpc) is 3.38. The van der Waals surface area contributed by atoms with Crippen LogP contribution in [-0.4, -0.2) is 48.2 Å². The van der Waals surface area contributed by atoms with E-state index in [0.717, 1.165) is 0 Å². The van der Waals surface area contributed by atoms with E-state index >= 15 is 0 Å². The van der Waals surface area contributed by atoms with Gasteiger partial charge in [-0.3, -0.25) is 14.4 Å². The first-order valence-electron chi connectivity index (χ1n) is 10.6. The summed E-state index contributed by atoms with van der Waals surface area (Å²) in [6.45, 7) is 0.999. The molecule has 7 nitrogen and oxygen atoms in total. The Kier molecular flexibility index (Phi) is 6.65. The Morgan fingerprint density at radius 1 is 0.938 bits per heavy atom. The lowest BCUT2D eigenvalue weighted by molar-refractivity contribution is 0.0564. The Morgan fingerprint density at radius 3 is 2.38 bits per heavy atom. The SMILES string of the molecule is O=C(CNC(=O)c1ccccc1OC1CCN(C(=O)c2ccco2)CC1)c1ccccc1. The van der Waals surface area contributed by atoms with E-state index in [1.54, 1.807) is 65.6 Å². The van der Waals surface area contributed by atoms with Crippen molar-refractivity contribution in [1.29, 1.82) is 0 Å². The van der Waals surface area contributed by atoms with Crippen LogP contribution in [0.5, 0.6) is 5.75 Å². The number of rotatable bonds is 7. The zero-order valence-corrected chi connectivity index (χ0v) is 17.5. The monoisotopic (exact) mass is 432 g/mol. The molecule has 0 atom stereocenters. The van der Waals surface area contributed by atoms with Crippen molar-refractivity contribution >= 4 is 17.6 Å². The fourth-order valence-corrected chi connectivity index (χ4v) is 3.65. The van der Waals surface area contributed by atoms with Gasteiger partial charge in [0.05, 0.1) is 18.4 Å². The molecule has 1 saturated heterocycles. The van der Waals surface area contributed by atoms with Crippen LogP contribution in [0, 0.1) is 0 Å². The Morgan fingerprint density at radius 2 is 1.66 bits per heavy atom. The zero-order chi connectivity index (χ0) is 22.3. The number of piperidine rings is 1. The van der Waals surface area contributed by atoms with Crippen molar-refractivity contribution < 1.29 is 23.5 Å². The number of nitrogens with zero attached hydrogens (tertiary/aromatic N) is 1. The van der Waals surface area contributed by atoms with Crippen LogP contribution in [0.25, 0.3) is 0 Å². The third kappa shape index (κ3) is 5.06. The smallest absolute Gasteiger partial charge is 0.289 e. The molecule has 1 aliphatic rings. The third-order valence-corrected chi connectivity index (χ3v) is 5.39. The standard InChI is InChI=1S/C25H24N2O5/c28-21(18-7-2-1-3-8-18)17-26-24(29)20-9-4-5-10-22(20)32-19-12-14-27(15-13-19)25(30)23-11-6-16-31-23/h1-11,16,19H,12-15,17H2,(H,26,29). The Hall–Kier alpha value is -3.87. The van der Waals surface area contributed by atoms with Crippen LogP contribution in [0.1, 0.15) is 44.1 Å². The van der Waals surface area contributed by atoms with E-state index in [0.29, 0.717) is 48.6 Å². The van der Waals surface area contributed by atoms with E-state index < -0.39 is 0 Å². The van der Waals surface area contributed by atoms with Gasteiger partial charge in [-0.25, -0.2) is 0 Å². The van der Waals surface area contributed by atoms with Crippen LogP contribution in [0.15, 0.2) is 77.4 Å². The first kappa shape index (κ1) is 21.4. The first-order chi connectivity index (χ1) is 15.6. The van der Waals surface area contributed by atoms with Crippen molar-refractivity contribution in [2.24, 2.45) is 0 Å². The highest BCUT2D eigenvalue weighted by Gasteiger charge is 2.27. The van der Waals surface area contributed by atoms with Crippen LogP contribution in [0.4, 0.5) is 0 Å². The molecule has 1 aliphatic heterocycles. The van der Waals surface area contributed by atoms with Crippen molar-refractivity contribution in [1.82, 2.24) is 10.2 Å². The molecule has 1 fully saturated rings. The summed E-state index contributed by atoms with van der Waals surface area (Å²) in [7, 11) is 0. The topological polar surface area (TPSA) is 88.9 Å². The number of Topliss-reactive ketones (excluding diaryl/α,β-unsaturated/α-hetero) is 1. The summed E-state index contributed by atoms with van der Waals surface area (Å²) in [6.07, 6.45) is 2.66. The molecule has 0 radical (unpaired) electrons. The lowest BCUT2D eigenvalue weighted by Crippen LogP contribution is -2.41. The molecule has 1 aromatic heterocycles. The van der Waals surface area contributed by atoms with Gasteiger partial charge in [-0.2, -0.15) is 0 Å². The third-order valence-electron chi connectivity index (χ3n) is 5.39. The van der Waals surface area contributed by atoms with Gasteiger partial charge in [0.25, 0.3) is 11.8 Å². The molecule has 0 spiro atoms. The molecule has 2 amide bonds. The zero-order valence-electron chi connectivity index (χ0n) is 17.5. The predicted octanol–water partition coefficient (Wildman–Crippen LogP) is 3.58. The number of amides is 2. The predicted molar refractivity (Wildman–Crippen MR) is 118 cm³/mol. The normalized spacial score (nSPS) is 14.1. The second-order valence-electron chi connectivity index (χ2n) is 7.55. The van der Waals surface area contributed by atoms with Gasteiger partial charge in [0.2, 0.25) is 0 Å². The minimum atomic E-state index is -0.365. The van der Waals surface area contributed by atoms with Crippen LogP contribution in [-0.2, 0) is 0 Å². The maximum Gasteiger partial charge on any atom is 0.289 e. The molecular weight excluding hydrogens is 408 g/mol. The van der Waals surface area contributed by atoms with Crippen LogP contribution in [0.2, 0.25) is 0 Å². The van der Waals surface area contributed by atoms with Gasteiger partial charge < -0.3 is 19.4 Å². The number of benzene rings is 2. The van der Waals surface area contributed by atoms with E-state index in [1.165, 1.54) is 6.26 Å². The second kappa shape index (κ2) is 9.96. The molecular formula is C25H24N2O5. The number of para-hydroxylation sites is 1. The lowest BCUT2D eigenvalue weighted by Gasteiger charge is -2.32. The highest BCUT2D eigenvalue weighted by molar-refractivity contribution is 6.03. The van der Waals surface area contributed by atoms with Gasteiger partial charge in [0, 0.05) is 31.5 Å². The van der Waals surface area contributed by atoms with E-state index in [-0.39, 0.29) is 30.2 Å². The van der Waals surface area contributed by atoms with Gasteiger partial charge in [0.15, 0.2) is 11.5 Å². The number of nitrogens with one attached hydrogen (secondary N) is 1. The second-order valence-corrected chi connectivity index (χ2v) is 7.55. The Balaban J connectivity index is 1.33. The molecule has 7 heteroatoms. The molecule has 0 saturated carbocycles. The van der Waals surface area contributed by atoms with Gasteiger partial charge in [0.1, 0.15) is 11.9 Å². The summed E-state index contributed by atoms with van der Waals surface area (Å²) in [6, 6.07) is 19.2. The maximum atomic E-state index is 12.7. The van der Waals surface area contributed by atoms with Crippen molar-refractivity contribution in [2.75, 3.05) is 19.6 Å². The van der Waals surface area contributed by atoms with E-state index in [2.05, 4.69) is 5.32 Å². The Labute approximate surface area is 186 Å². The summed E-state index contributed by atoms with van der Waals surface area (Å²) < 4.78 is 11.3. The molecule has 0 unspecified atom stereocenters. The van der Waals surface area contributed by atoms with Gasteiger partial charge in [-0.1, -0.05) is 42.5 Å². The summed E-state index contributed by atoms with van der Waals surface area (Å²) >= 11 is 0. The fourth-order valence-electron chi connectivity index (χ4n) is 3.65. The van der Waals surface area contributed by atoms with E-state index in [1.807, 2.05) is 6.07 Å². The average molecular weight is 432 g/mol. The van der Waals surface area contributed by atoms with Crippen molar-refractivity contribution in [3.63, 3.8) is 0 Å². The molecule has 0 aliphatic carbocycles. The van der Waals surface area contributed by atoms with Crippen molar-refractivity contribution in [3.05, 3.63) is 89.9 Å². The molecule has 4 rings (SSSR count). The highest BCUT2D eigenvalue weighted by Crippen LogP contribution is 2.24. The number of likely N-dealkylation sites (tertiary alicyclic amines) is 1. The number of ketones is 1. The number of hydrogen-bond donors (Lipinski definition) is 1. The number of carbonyl (C=O) groups excluding carboxylic acids is 3. The minimum Gasteiger partial charge on any atom is -0.489 e. The van der Waals surface area contributed by atoms with E-state index in [4.69, 9.17) is 9.15 Å². The maximum absolute atomic E-state index is 12.7. The number of furan rings is 1. The van der Waals surface area contributed by atoms with Crippen LogP contribution in [0.3, 0.4) is 0 Å². The van der Waals surface area contributed by atoms with Crippen molar-refractivity contribution in [3.8, 4) is 5.75 Å². The molecule has 0 bridgehead atoms. The van der Waals surface area contributed by atoms with E-state index in [9.17, 15) is 14.4 Å². The largest absolute Gasteiger partial charge is 0.489 e. The molecule has 164 valence electrons. The highest BCUT2D eigenvalue weighted by atomic mass is 16.5. The molecule has 3 aromatic rings. The van der Waals surface area contributed by atoms with Crippen LogP contribution >= 0.6 is 0 Å². The summed E-state index contributed by atoms with van der Waals surface area (Å²) in [5, 5.41) is 2.68. The first-order valence-corrected chi connectivity index (χ1v) is 10.6. The van der Waals surface area contributed by atoms with Crippen molar-refractivity contribution in [2.45, 2.75) is 18.9 Å². The number of carbonyl (C=O) groups is 3. The molecule has 2 heterocycles. The van der Waals surface area contributed by atoms with Gasteiger partial charge in [-0.05, 0) is 24.3 Å². The summed E-state index contributed by atoms with van der Waals surface area (Å²) in [5.74, 6) is 0.141. The molecule has 2 aromatic carbocycles. The molecule has 32 heavy (non-hydrogen) atoms. The molecule has 1 N–H and O–H groups in total. The van der Waals surface area contributed by atoms with Gasteiger partial charge in [-0.15, -0.1) is 0 Å². The Bertz CT molecular complexity index is 1070. The number of ether oxygens (including phenoxy) is 1. The summed E-state index contributed by atoms with van der Waals surface area (Å²) in [5.41, 5.74) is 0.927. The summed E-state index contributed by atoms with van der Waals surface area (Å²) in [4.78, 5) is 39.1. The van der Waals surface area contributed by atoms with Gasteiger partial charge >= 0.3 is 0 Å². The minimum absolute atomic E-state index is 0.0928. The lowest BCUT2D eigenvalue weighted by atomic mass is 10.1. The quantitative estimate of drug-likeness (QED) is 0.577. The number of hydrogen-bond acceptors (Lipinski definition) is 5. The van der Waals surface area contributed by atoms with Crippen LogP contribution < -0.4 is 10.1 Å². The fraction of sp³-hybridized carbons (Fsp3) is 0.240.